The van der Waals surface area contributed by atoms with E-state index in [0.29, 0.717) is 24.5 Å². The van der Waals surface area contributed by atoms with Crippen LogP contribution in [0.25, 0.3) is 0 Å². The van der Waals surface area contributed by atoms with Crippen LogP contribution in [0.2, 0.25) is 0 Å². The lowest BCUT2D eigenvalue weighted by atomic mass is 10.2. The summed E-state index contributed by atoms with van der Waals surface area (Å²) in [6.45, 7) is 2.64. The molecule has 1 heterocycles. The lowest BCUT2D eigenvalue weighted by molar-refractivity contribution is -0.121. The first-order chi connectivity index (χ1) is 13.0. The van der Waals surface area contributed by atoms with Gasteiger partial charge >= 0.3 is 0 Å². The molecule has 7 nitrogen and oxygen atoms in total. The molecule has 3 rings (SSSR count). The molecule has 0 bridgehead atoms. The zero-order valence-electron chi connectivity index (χ0n) is 15.0. The van der Waals surface area contributed by atoms with Crippen molar-refractivity contribution in [1.29, 1.82) is 0 Å². The highest BCUT2D eigenvalue weighted by Crippen LogP contribution is 2.32. The second kappa shape index (κ2) is 8.41. The van der Waals surface area contributed by atoms with Gasteiger partial charge in [0.2, 0.25) is 22.7 Å². The largest absolute Gasteiger partial charge is 0.454 e. The topological polar surface area (TPSA) is 93.7 Å². The van der Waals surface area contributed by atoms with E-state index in [0.717, 1.165) is 17.5 Å². The Hall–Kier alpha value is -2.58. The van der Waals surface area contributed by atoms with Crippen molar-refractivity contribution in [2.24, 2.45) is 0 Å². The zero-order chi connectivity index (χ0) is 19.3. The number of hydrogen-bond donors (Lipinski definition) is 2. The maximum Gasteiger partial charge on any atom is 0.240 e. The molecule has 0 fully saturated rings. The van der Waals surface area contributed by atoms with E-state index in [2.05, 4.69) is 10.0 Å². The molecule has 0 aliphatic carbocycles. The molecule has 144 valence electrons. The van der Waals surface area contributed by atoms with E-state index in [1.165, 1.54) is 12.1 Å². The fraction of sp³-hybridized carbons (Fsp3) is 0.316. The van der Waals surface area contributed by atoms with Gasteiger partial charge in [-0.3, -0.25) is 4.79 Å². The minimum absolute atomic E-state index is 0.0143. The number of ether oxygens (including phenoxy) is 2. The van der Waals surface area contributed by atoms with Crippen LogP contribution in [0.15, 0.2) is 47.4 Å². The lowest BCUT2D eigenvalue weighted by Crippen LogP contribution is -2.24. The van der Waals surface area contributed by atoms with E-state index in [1.54, 1.807) is 30.3 Å². The first-order valence-electron chi connectivity index (χ1n) is 8.72. The maximum absolute atomic E-state index is 12.5. The van der Waals surface area contributed by atoms with Crippen LogP contribution < -0.4 is 19.5 Å². The summed E-state index contributed by atoms with van der Waals surface area (Å²) in [6, 6.07) is 11.8. The number of sulfonamides is 1. The third kappa shape index (κ3) is 4.99. The summed E-state index contributed by atoms with van der Waals surface area (Å²) in [5, 5.41) is 2.80. The van der Waals surface area contributed by atoms with Gasteiger partial charge in [0.25, 0.3) is 0 Å². The molecule has 0 unspecified atom stereocenters. The van der Waals surface area contributed by atoms with Crippen molar-refractivity contribution in [3.8, 4) is 11.5 Å². The maximum atomic E-state index is 12.5. The van der Waals surface area contributed by atoms with Crippen LogP contribution in [0.3, 0.4) is 0 Å². The molecule has 0 spiro atoms. The van der Waals surface area contributed by atoms with Gasteiger partial charge in [-0.2, -0.15) is 0 Å². The van der Waals surface area contributed by atoms with Crippen LogP contribution in [0.4, 0.5) is 0 Å². The molecule has 1 amide bonds. The smallest absolute Gasteiger partial charge is 0.240 e. The first-order valence-corrected chi connectivity index (χ1v) is 10.2. The number of rotatable bonds is 8. The molecular formula is C19H22N2O5S. The van der Waals surface area contributed by atoms with Crippen molar-refractivity contribution < 1.29 is 22.7 Å². The van der Waals surface area contributed by atoms with Crippen molar-refractivity contribution in [3.63, 3.8) is 0 Å². The van der Waals surface area contributed by atoms with Crippen molar-refractivity contribution >= 4 is 15.9 Å². The average molecular weight is 390 g/mol. The van der Waals surface area contributed by atoms with Crippen LogP contribution in [-0.2, 0) is 27.9 Å². The predicted molar refractivity (Wildman–Crippen MR) is 99.8 cm³/mol. The molecular weight excluding hydrogens is 368 g/mol. The molecule has 8 heteroatoms. The number of amides is 1. The molecule has 0 radical (unpaired) electrons. The van der Waals surface area contributed by atoms with Gasteiger partial charge < -0.3 is 14.8 Å². The lowest BCUT2D eigenvalue weighted by Gasteiger charge is -2.09. The van der Waals surface area contributed by atoms with Gasteiger partial charge in [-0.15, -0.1) is 0 Å². The van der Waals surface area contributed by atoms with Crippen LogP contribution >= 0.6 is 0 Å². The van der Waals surface area contributed by atoms with E-state index in [4.69, 9.17) is 9.47 Å². The summed E-state index contributed by atoms with van der Waals surface area (Å²) in [7, 11) is -3.64. The minimum Gasteiger partial charge on any atom is -0.454 e. The van der Waals surface area contributed by atoms with Crippen molar-refractivity contribution in [1.82, 2.24) is 10.0 Å². The first kappa shape index (κ1) is 19.2. The van der Waals surface area contributed by atoms with Gasteiger partial charge in [-0.25, -0.2) is 13.1 Å². The number of carbonyl (C=O) groups excluding carboxylic acids is 1. The molecule has 0 saturated carbocycles. The number of fused-ring (bicyclic) bond motifs is 1. The van der Waals surface area contributed by atoms with Crippen molar-refractivity contribution in [2.45, 2.75) is 37.8 Å². The highest BCUT2D eigenvalue weighted by molar-refractivity contribution is 7.89. The molecule has 2 aromatic carbocycles. The molecule has 27 heavy (non-hydrogen) atoms. The van der Waals surface area contributed by atoms with Gasteiger partial charge in [-0.1, -0.05) is 25.1 Å². The Morgan fingerprint density at radius 1 is 1.00 bits per heavy atom. The van der Waals surface area contributed by atoms with E-state index in [9.17, 15) is 13.2 Å². The normalized spacial score (nSPS) is 12.8. The van der Waals surface area contributed by atoms with E-state index >= 15 is 0 Å². The fourth-order valence-electron chi connectivity index (χ4n) is 2.62. The molecule has 0 saturated heterocycles. The number of benzene rings is 2. The third-order valence-electron chi connectivity index (χ3n) is 4.10. The number of nitrogens with one attached hydrogen (secondary N) is 2. The van der Waals surface area contributed by atoms with Gasteiger partial charge in [0.15, 0.2) is 11.5 Å². The molecule has 1 aliphatic rings. The molecule has 0 aromatic heterocycles. The summed E-state index contributed by atoms with van der Waals surface area (Å²) < 4.78 is 38.0. The zero-order valence-corrected chi connectivity index (χ0v) is 15.8. The minimum atomic E-state index is -3.64. The standard InChI is InChI=1S/C19H22N2O5S/c1-2-3-19(22)20-11-14-4-7-16(8-5-14)27(23,24)21-12-15-6-9-17-18(10-15)26-13-25-17/h4-10,21H,2-3,11-13H2,1H3,(H,20,22). The Labute approximate surface area is 158 Å². The third-order valence-corrected chi connectivity index (χ3v) is 5.52. The van der Waals surface area contributed by atoms with Crippen LogP contribution in [0.5, 0.6) is 11.5 Å². The Morgan fingerprint density at radius 3 is 2.44 bits per heavy atom. The van der Waals surface area contributed by atoms with Gasteiger partial charge in [0.1, 0.15) is 0 Å². The summed E-state index contributed by atoms with van der Waals surface area (Å²) in [6.07, 6.45) is 1.27. The van der Waals surface area contributed by atoms with Gasteiger partial charge in [-0.05, 0) is 41.8 Å². The Morgan fingerprint density at radius 2 is 1.70 bits per heavy atom. The van der Waals surface area contributed by atoms with E-state index < -0.39 is 10.0 Å². The summed E-state index contributed by atoms with van der Waals surface area (Å²) in [5.74, 6) is 1.25. The van der Waals surface area contributed by atoms with Crippen LogP contribution in [0, 0.1) is 0 Å². The number of hydrogen-bond acceptors (Lipinski definition) is 5. The molecule has 0 atom stereocenters. The van der Waals surface area contributed by atoms with E-state index in [1.807, 2.05) is 6.92 Å². The summed E-state index contributed by atoms with van der Waals surface area (Å²) in [5.41, 5.74) is 1.62. The van der Waals surface area contributed by atoms with Crippen LogP contribution in [0.1, 0.15) is 30.9 Å². The molecule has 1 aliphatic heterocycles. The van der Waals surface area contributed by atoms with Crippen molar-refractivity contribution in [2.75, 3.05) is 6.79 Å². The number of carbonyl (C=O) groups is 1. The quantitative estimate of drug-likeness (QED) is 0.721. The van der Waals surface area contributed by atoms with Gasteiger partial charge in [0, 0.05) is 19.5 Å². The van der Waals surface area contributed by atoms with E-state index in [-0.39, 0.29) is 24.1 Å². The van der Waals surface area contributed by atoms with Gasteiger partial charge in [0.05, 0.1) is 4.90 Å². The Bertz CT molecular complexity index is 910. The SMILES string of the molecule is CCCC(=O)NCc1ccc(S(=O)(=O)NCc2ccc3c(c2)OCO3)cc1. The second-order valence-electron chi connectivity index (χ2n) is 6.18. The fourth-order valence-corrected chi connectivity index (χ4v) is 3.63. The average Bonchev–Trinajstić information content (AvgIpc) is 3.13. The second-order valence-corrected chi connectivity index (χ2v) is 7.95. The summed E-state index contributed by atoms with van der Waals surface area (Å²) in [4.78, 5) is 11.7. The molecule has 2 N–H and O–H groups in total. The highest BCUT2D eigenvalue weighted by atomic mass is 32.2. The monoisotopic (exact) mass is 390 g/mol. The summed E-state index contributed by atoms with van der Waals surface area (Å²) >= 11 is 0. The predicted octanol–water partition coefficient (Wildman–Crippen LogP) is 2.31. The van der Waals surface area contributed by atoms with Crippen LogP contribution in [-0.4, -0.2) is 21.1 Å². The highest BCUT2D eigenvalue weighted by Gasteiger charge is 2.16. The Balaban J connectivity index is 1.58. The van der Waals surface area contributed by atoms with Crippen molar-refractivity contribution in [3.05, 3.63) is 53.6 Å². The molecule has 2 aromatic rings. The Kier molecular flexibility index (Phi) is 5.98.